The number of pyridine rings is 1. The Morgan fingerprint density at radius 1 is 1.50 bits per heavy atom. The van der Waals surface area contributed by atoms with E-state index in [4.69, 9.17) is 10.9 Å². The van der Waals surface area contributed by atoms with Crippen LogP contribution in [0.4, 0.5) is 0 Å². The molecule has 0 fully saturated rings. The maximum Gasteiger partial charge on any atom is 0.307 e. The van der Waals surface area contributed by atoms with Crippen LogP contribution < -0.4 is 11.3 Å². The molecule has 0 saturated carbocycles. The molecule has 0 saturated heterocycles. The van der Waals surface area contributed by atoms with Gasteiger partial charge in [0.2, 0.25) is 0 Å². The summed E-state index contributed by atoms with van der Waals surface area (Å²) >= 11 is 0. The van der Waals surface area contributed by atoms with Gasteiger partial charge in [-0.2, -0.15) is 0 Å². The van der Waals surface area contributed by atoms with Crippen molar-refractivity contribution in [1.29, 1.82) is 0 Å². The number of amides is 1. The summed E-state index contributed by atoms with van der Waals surface area (Å²) in [6.45, 7) is 0. The van der Waals surface area contributed by atoms with E-state index >= 15 is 0 Å². The molecule has 84 valence electrons. The Morgan fingerprint density at radius 2 is 2.25 bits per heavy atom. The standard InChI is InChI=1S/C10H11N3O3/c11-13-10(16)8-4-7(5-12-6-8)2-1-3-9(14)15/h1-2,4-6H,3,11H2,(H,13,16)(H,14,15). The molecule has 0 unspecified atom stereocenters. The van der Waals surface area contributed by atoms with Crippen molar-refractivity contribution in [3.05, 3.63) is 35.7 Å². The van der Waals surface area contributed by atoms with Crippen LogP contribution in [0.2, 0.25) is 0 Å². The van der Waals surface area contributed by atoms with E-state index in [0.717, 1.165) is 0 Å². The van der Waals surface area contributed by atoms with E-state index in [1.54, 1.807) is 12.1 Å². The van der Waals surface area contributed by atoms with E-state index in [1.807, 2.05) is 5.43 Å². The minimum atomic E-state index is -0.917. The molecule has 1 rings (SSSR count). The maximum absolute atomic E-state index is 11.2. The van der Waals surface area contributed by atoms with Crippen molar-refractivity contribution < 1.29 is 14.7 Å². The second-order valence-corrected chi connectivity index (χ2v) is 2.98. The summed E-state index contributed by atoms with van der Waals surface area (Å²) in [5.41, 5.74) is 2.95. The van der Waals surface area contributed by atoms with Crippen LogP contribution in [0, 0.1) is 0 Å². The van der Waals surface area contributed by atoms with Gasteiger partial charge in [0.1, 0.15) is 0 Å². The Kier molecular flexibility index (Phi) is 4.16. The molecule has 6 nitrogen and oxygen atoms in total. The minimum Gasteiger partial charge on any atom is -0.481 e. The molecule has 1 amide bonds. The summed E-state index contributed by atoms with van der Waals surface area (Å²) in [7, 11) is 0. The average molecular weight is 221 g/mol. The van der Waals surface area contributed by atoms with Gasteiger partial charge < -0.3 is 5.11 Å². The van der Waals surface area contributed by atoms with E-state index < -0.39 is 11.9 Å². The number of carbonyl (C=O) groups excluding carboxylic acids is 1. The van der Waals surface area contributed by atoms with Gasteiger partial charge >= 0.3 is 5.97 Å². The van der Waals surface area contributed by atoms with Crippen LogP contribution in [-0.2, 0) is 4.79 Å². The van der Waals surface area contributed by atoms with Gasteiger partial charge in [0.25, 0.3) is 5.91 Å². The van der Waals surface area contributed by atoms with Gasteiger partial charge in [-0.15, -0.1) is 0 Å². The molecule has 0 spiro atoms. The topological polar surface area (TPSA) is 105 Å². The molecule has 0 aromatic carbocycles. The summed E-state index contributed by atoms with van der Waals surface area (Å²) in [6.07, 6.45) is 5.87. The van der Waals surface area contributed by atoms with Crippen LogP contribution in [0.3, 0.4) is 0 Å². The number of aliphatic carboxylic acids is 1. The Balaban J connectivity index is 2.78. The number of nitrogens with two attached hydrogens (primary N) is 1. The number of nitrogen functional groups attached to an aromatic ring is 1. The molecule has 0 atom stereocenters. The van der Waals surface area contributed by atoms with Crippen LogP contribution in [-0.4, -0.2) is 22.0 Å². The van der Waals surface area contributed by atoms with Crippen molar-refractivity contribution >= 4 is 18.0 Å². The number of hydrogen-bond donors (Lipinski definition) is 3. The third kappa shape index (κ3) is 3.50. The van der Waals surface area contributed by atoms with Gasteiger partial charge in [-0.25, -0.2) is 5.84 Å². The van der Waals surface area contributed by atoms with Gasteiger partial charge in [-0.3, -0.25) is 20.0 Å². The maximum atomic E-state index is 11.2. The van der Waals surface area contributed by atoms with Gasteiger partial charge in [0.05, 0.1) is 12.0 Å². The van der Waals surface area contributed by atoms with E-state index in [1.165, 1.54) is 18.5 Å². The summed E-state index contributed by atoms with van der Waals surface area (Å²) in [5, 5.41) is 8.42. The highest BCUT2D eigenvalue weighted by atomic mass is 16.4. The van der Waals surface area contributed by atoms with Crippen molar-refractivity contribution in [2.75, 3.05) is 0 Å². The Morgan fingerprint density at radius 3 is 2.88 bits per heavy atom. The van der Waals surface area contributed by atoms with Gasteiger partial charge in [-0.1, -0.05) is 12.2 Å². The highest BCUT2D eigenvalue weighted by Gasteiger charge is 2.03. The van der Waals surface area contributed by atoms with E-state index in [2.05, 4.69) is 4.98 Å². The quantitative estimate of drug-likeness (QED) is 0.382. The van der Waals surface area contributed by atoms with Gasteiger partial charge in [0.15, 0.2) is 0 Å². The Bertz CT molecular complexity index is 429. The van der Waals surface area contributed by atoms with Crippen LogP contribution in [0.25, 0.3) is 6.08 Å². The first-order chi connectivity index (χ1) is 7.63. The van der Waals surface area contributed by atoms with Crippen molar-refractivity contribution in [2.45, 2.75) is 6.42 Å². The second kappa shape index (κ2) is 5.62. The number of rotatable bonds is 4. The van der Waals surface area contributed by atoms with Crippen LogP contribution in [0.1, 0.15) is 22.3 Å². The molecule has 0 bridgehead atoms. The molecular formula is C10H11N3O3. The Hall–Kier alpha value is -2.21. The first-order valence-electron chi connectivity index (χ1n) is 4.48. The monoisotopic (exact) mass is 221 g/mol. The van der Waals surface area contributed by atoms with Crippen molar-refractivity contribution in [3.8, 4) is 0 Å². The molecule has 4 N–H and O–H groups in total. The first kappa shape index (κ1) is 11.9. The van der Waals surface area contributed by atoms with Crippen molar-refractivity contribution in [2.24, 2.45) is 5.84 Å². The molecule has 0 aliphatic carbocycles. The molecule has 0 aliphatic rings. The fourth-order valence-electron chi connectivity index (χ4n) is 1.05. The van der Waals surface area contributed by atoms with Gasteiger partial charge in [0, 0.05) is 12.4 Å². The largest absolute Gasteiger partial charge is 0.481 e. The number of carboxylic acids is 1. The van der Waals surface area contributed by atoms with Crippen LogP contribution in [0.5, 0.6) is 0 Å². The third-order valence-corrected chi connectivity index (χ3v) is 1.76. The average Bonchev–Trinajstić information content (AvgIpc) is 2.28. The lowest BCUT2D eigenvalue weighted by molar-refractivity contribution is -0.135. The number of nitrogens with one attached hydrogen (secondary N) is 1. The molecule has 0 radical (unpaired) electrons. The normalized spacial score (nSPS) is 10.3. The summed E-state index contributed by atoms with van der Waals surface area (Å²) in [5.74, 6) is 3.61. The molecule has 1 aromatic heterocycles. The van der Waals surface area contributed by atoms with Gasteiger partial charge in [-0.05, 0) is 11.6 Å². The van der Waals surface area contributed by atoms with E-state index in [0.29, 0.717) is 11.1 Å². The fourth-order valence-corrected chi connectivity index (χ4v) is 1.05. The number of hydrazine groups is 1. The van der Waals surface area contributed by atoms with E-state index in [-0.39, 0.29) is 6.42 Å². The number of carboxylic acid groups (broad SMARTS) is 1. The molecular weight excluding hydrogens is 210 g/mol. The van der Waals surface area contributed by atoms with Crippen molar-refractivity contribution in [3.63, 3.8) is 0 Å². The van der Waals surface area contributed by atoms with Crippen LogP contribution in [0.15, 0.2) is 24.5 Å². The zero-order chi connectivity index (χ0) is 12.0. The number of carbonyl (C=O) groups is 2. The number of aromatic nitrogens is 1. The summed E-state index contributed by atoms with van der Waals surface area (Å²) in [4.78, 5) is 25.3. The zero-order valence-electron chi connectivity index (χ0n) is 8.38. The first-order valence-corrected chi connectivity index (χ1v) is 4.48. The lowest BCUT2D eigenvalue weighted by Crippen LogP contribution is -2.30. The van der Waals surface area contributed by atoms with E-state index in [9.17, 15) is 9.59 Å². The fraction of sp³-hybridized carbons (Fsp3) is 0.100. The predicted octanol–water partition coefficient (Wildman–Crippen LogP) is 0.173. The molecule has 6 heteroatoms. The van der Waals surface area contributed by atoms with Crippen molar-refractivity contribution in [1.82, 2.24) is 10.4 Å². The number of hydrogen-bond acceptors (Lipinski definition) is 4. The minimum absolute atomic E-state index is 0.0761. The lowest BCUT2D eigenvalue weighted by atomic mass is 10.2. The third-order valence-electron chi connectivity index (χ3n) is 1.76. The molecule has 0 aliphatic heterocycles. The Labute approximate surface area is 91.8 Å². The smallest absolute Gasteiger partial charge is 0.307 e. The lowest BCUT2D eigenvalue weighted by Gasteiger charge is -1.99. The highest BCUT2D eigenvalue weighted by molar-refractivity contribution is 5.93. The van der Waals surface area contributed by atoms with Crippen LogP contribution >= 0.6 is 0 Å². The zero-order valence-corrected chi connectivity index (χ0v) is 8.38. The highest BCUT2D eigenvalue weighted by Crippen LogP contribution is 2.05. The summed E-state index contributed by atoms with van der Waals surface area (Å²) in [6, 6.07) is 1.56. The summed E-state index contributed by atoms with van der Waals surface area (Å²) < 4.78 is 0. The second-order valence-electron chi connectivity index (χ2n) is 2.98. The predicted molar refractivity (Wildman–Crippen MR) is 57.2 cm³/mol. The molecule has 1 heterocycles. The molecule has 16 heavy (non-hydrogen) atoms. The number of nitrogens with zero attached hydrogens (tertiary/aromatic N) is 1. The SMILES string of the molecule is NNC(=O)c1cncc(C=CCC(=O)O)c1. The molecule has 1 aromatic rings.